The molecule has 3 nitrogen and oxygen atoms in total. The van der Waals surface area contributed by atoms with Crippen molar-refractivity contribution in [1.29, 1.82) is 5.26 Å². The molecule has 0 bridgehead atoms. The predicted octanol–water partition coefficient (Wildman–Crippen LogP) is 3.12. The largest absolute Gasteiger partial charge is 0.325 e. The molecule has 0 saturated heterocycles. The minimum atomic E-state index is -0.505. The molecule has 0 radical (unpaired) electrons. The second-order valence-corrected chi connectivity index (χ2v) is 4.72. The van der Waals surface area contributed by atoms with E-state index in [1.807, 2.05) is 6.07 Å². The summed E-state index contributed by atoms with van der Waals surface area (Å²) in [5.41, 5.74) is 0.542. The number of hydrogen-bond donors (Lipinski definition) is 1. The Morgan fingerprint density at radius 3 is 2.67 bits per heavy atom. The van der Waals surface area contributed by atoms with Crippen molar-refractivity contribution in [3.05, 3.63) is 56.2 Å². The highest BCUT2D eigenvalue weighted by atomic mass is 79.9. The summed E-state index contributed by atoms with van der Waals surface area (Å²) in [5.74, 6) is -0.481. The van der Waals surface area contributed by atoms with Crippen LogP contribution in [0.25, 0.3) is 11.1 Å². The molecule has 0 atom stereocenters. The van der Waals surface area contributed by atoms with Crippen LogP contribution in [-0.2, 0) is 0 Å². The molecule has 0 fully saturated rings. The monoisotopic (exact) mass is 306 g/mol. The van der Waals surface area contributed by atoms with E-state index in [-0.39, 0.29) is 11.1 Å². The van der Waals surface area contributed by atoms with Gasteiger partial charge in [-0.2, -0.15) is 5.26 Å². The minimum Gasteiger partial charge on any atom is -0.325 e. The number of aryl methyl sites for hydroxylation is 1. The van der Waals surface area contributed by atoms with Crippen LogP contribution in [0.4, 0.5) is 4.39 Å². The summed E-state index contributed by atoms with van der Waals surface area (Å²) in [6.45, 7) is 1.68. The van der Waals surface area contributed by atoms with Gasteiger partial charge in [0.05, 0.1) is 0 Å². The molecule has 1 N–H and O–H groups in total. The number of aromatic nitrogens is 1. The molecule has 1 heterocycles. The van der Waals surface area contributed by atoms with Crippen LogP contribution in [0.1, 0.15) is 11.3 Å². The van der Waals surface area contributed by atoms with Crippen molar-refractivity contribution in [3.8, 4) is 17.2 Å². The van der Waals surface area contributed by atoms with Crippen LogP contribution in [0.15, 0.2) is 33.5 Å². The lowest BCUT2D eigenvalue weighted by atomic mass is 10.0. The molecule has 0 unspecified atom stereocenters. The maximum absolute atomic E-state index is 13.9. The smallest absolute Gasteiger partial charge is 0.266 e. The molecule has 0 saturated carbocycles. The second-order valence-electron chi connectivity index (χ2n) is 3.81. The van der Waals surface area contributed by atoms with Crippen LogP contribution < -0.4 is 5.56 Å². The fourth-order valence-electron chi connectivity index (χ4n) is 1.72. The van der Waals surface area contributed by atoms with Crippen LogP contribution in [0.3, 0.4) is 0 Å². The van der Waals surface area contributed by atoms with Crippen molar-refractivity contribution in [2.75, 3.05) is 0 Å². The summed E-state index contributed by atoms with van der Waals surface area (Å²) in [7, 11) is 0. The fraction of sp³-hybridized carbons (Fsp3) is 0.0769. The molecular formula is C13H8BrFN2O. The molecule has 0 spiro atoms. The molecule has 0 aliphatic heterocycles. The van der Waals surface area contributed by atoms with Crippen molar-refractivity contribution < 1.29 is 4.39 Å². The number of H-pyrrole nitrogens is 1. The van der Waals surface area contributed by atoms with Gasteiger partial charge in [-0.3, -0.25) is 4.79 Å². The zero-order valence-electron chi connectivity index (χ0n) is 9.42. The molecule has 2 aromatic rings. The highest BCUT2D eigenvalue weighted by Gasteiger charge is 2.13. The van der Waals surface area contributed by atoms with Gasteiger partial charge in [-0.25, -0.2) is 4.39 Å². The summed E-state index contributed by atoms with van der Waals surface area (Å²) < 4.78 is 14.5. The minimum absolute atomic E-state index is 0.0816. The number of hydrogen-bond acceptors (Lipinski definition) is 2. The van der Waals surface area contributed by atoms with E-state index in [1.165, 1.54) is 12.1 Å². The highest BCUT2D eigenvalue weighted by molar-refractivity contribution is 9.10. The van der Waals surface area contributed by atoms with Crippen molar-refractivity contribution >= 4 is 15.9 Å². The van der Waals surface area contributed by atoms with Gasteiger partial charge in [0.2, 0.25) is 0 Å². The summed E-state index contributed by atoms with van der Waals surface area (Å²) in [6.07, 6.45) is 0. The number of nitrogens with one attached hydrogen (secondary N) is 1. The van der Waals surface area contributed by atoms with Crippen LogP contribution in [0.5, 0.6) is 0 Å². The van der Waals surface area contributed by atoms with E-state index < -0.39 is 11.4 Å². The Labute approximate surface area is 111 Å². The first kappa shape index (κ1) is 12.5. The van der Waals surface area contributed by atoms with E-state index in [0.29, 0.717) is 15.7 Å². The molecule has 0 amide bonds. The molecule has 18 heavy (non-hydrogen) atoms. The Balaban J connectivity index is 2.79. The van der Waals surface area contributed by atoms with E-state index in [4.69, 9.17) is 5.26 Å². The number of pyridine rings is 1. The molecule has 1 aromatic carbocycles. The number of rotatable bonds is 1. The van der Waals surface area contributed by atoms with E-state index in [2.05, 4.69) is 20.9 Å². The van der Waals surface area contributed by atoms with E-state index in [0.717, 1.165) is 0 Å². The van der Waals surface area contributed by atoms with Crippen LogP contribution in [0, 0.1) is 24.1 Å². The maximum Gasteiger partial charge on any atom is 0.266 e. The van der Waals surface area contributed by atoms with Crippen molar-refractivity contribution in [2.45, 2.75) is 6.92 Å². The number of halogens is 2. The topological polar surface area (TPSA) is 56.6 Å². The summed E-state index contributed by atoms with van der Waals surface area (Å²) >= 11 is 3.16. The Bertz CT molecular complexity index is 716. The third-order valence-electron chi connectivity index (χ3n) is 2.50. The quantitative estimate of drug-likeness (QED) is 0.880. The molecule has 1 aromatic heterocycles. The Hall–Kier alpha value is -1.93. The standard InChI is InChI=1S/C13H8BrFN2O/c1-7-4-10(11(6-16)13(18)17-7)9-3-2-8(14)5-12(9)15/h2-5H,1H3,(H,17,18). The van der Waals surface area contributed by atoms with Crippen molar-refractivity contribution in [3.63, 3.8) is 0 Å². The van der Waals surface area contributed by atoms with Gasteiger partial charge in [0, 0.05) is 21.3 Å². The third kappa shape index (κ3) is 2.20. The average Bonchev–Trinajstić information content (AvgIpc) is 2.28. The normalized spacial score (nSPS) is 10.1. The van der Waals surface area contributed by atoms with Gasteiger partial charge in [-0.1, -0.05) is 22.0 Å². The lowest BCUT2D eigenvalue weighted by Gasteiger charge is -2.06. The predicted molar refractivity (Wildman–Crippen MR) is 69.6 cm³/mol. The van der Waals surface area contributed by atoms with Crippen LogP contribution >= 0.6 is 15.9 Å². The van der Waals surface area contributed by atoms with Crippen LogP contribution in [-0.4, -0.2) is 4.98 Å². The number of nitriles is 1. The lowest BCUT2D eigenvalue weighted by Crippen LogP contribution is -2.13. The molecule has 0 aliphatic rings. The molecule has 0 aliphatic carbocycles. The molecule has 5 heteroatoms. The van der Waals surface area contributed by atoms with Gasteiger partial charge in [-0.05, 0) is 25.1 Å². The van der Waals surface area contributed by atoms with Gasteiger partial charge in [-0.15, -0.1) is 0 Å². The summed E-state index contributed by atoms with van der Waals surface area (Å²) in [4.78, 5) is 14.2. The second kappa shape index (κ2) is 4.75. The summed E-state index contributed by atoms with van der Waals surface area (Å²) in [5, 5.41) is 9.00. The SMILES string of the molecule is Cc1cc(-c2ccc(Br)cc2F)c(C#N)c(=O)[nH]1. The summed E-state index contributed by atoms with van der Waals surface area (Å²) in [6, 6.07) is 7.90. The first-order valence-corrected chi connectivity index (χ1v) is 5.91. The Morgan fingerprint density at radius 2 is 2.06 bits per heavy atom. The van der Waals surface area contributed by atoms with Gasteiger partial charge >= 0.3 is 0 Å². The number of aromatic amines is 1. The van der Waals surface area contributed by atoms with E-state index in [9.17, 15) is 9.18 Å². The number of nitrogens with zero attached hydrogens (tertiary/aromatic N) is 1. The highest BCUT2D eigenvalue weighted by Crippen LogP contribution is 2.27. The maximum atomic E-state index is 13.9. The van der Waals surface area contributed by atoms with Gasteiger partial charge in [0.15, 0.2) is 0 Å². The molecule has 2 rings (SSSR count). The molecule has 90 valence electrons. The van der Waals surface area contributed by atoms with Crippen LogP contribution in [0.2, 0.25) is 0 Å². The van der Waals surface area contributed by atoms with Crippen molar-refractivity contribution in [1.82, 2.24) is 4.98 Å². The van der Waals surface area contributed by atoms with E-state index >= 15 is 0 Å². The molecular weight excluding hydrogens is 299 g/mol. The van der Waals surface area contributed by atoms with Gasteiger partial charge in [0.25, 0.3) is 5.56 Å². The average molecular weight is 307 g/mol. The van der Waals surface area contributed by atoms with Gasteiger partial charge < -0.3 is 4.98 Å². The number of benzene rings is 1. The lowest BCUT2D eigenvalue weighted by molar-refractivity contribution is 0.630. The zero-order chi connectivity index (χ0) is 13.3. The zero-order valence-corrected chi connectivity index (χ0v) is 11.0. The van der Waals surface area contributed by atoms with Gasteiger partial charge in [0.1, 0.15) is 17.4 Å². The Kier molecular flexibility index (Phi) is 3.30. The first-order chi connectivity index (χ1) is 8.52. The van der Waals surface area contributed by atoms with E-state index in [1.54, 1.807) is 19.1 Å². The Morgan fingerprint density at radius 1 is 1.33 bits per heavy atom. The first-order valence-electron chi connectivity index (χ1n) is 5.12. The van der Waals surface area contributed by atoms with Crippen molar-refractivity contribution in [2.24, 2.45) is 0 Å². The fourth-order valence-corrected chi connectivity index (χ4v) is 2.05. The third-order valence-corrected chi connectivity index (χ3v) is 2.99.